The van der Waals surface area contributed by atoms with E-state index < -0.39 is 0 Å². The first kappa shape index (κ1) is 8.11. The molecule has 3 unspecified atom stereocenters. The number of hydrogen-bond acceptors (Lipinski definition) is 2. The van der Waals surface area contributed by atoms with Gasteiger partial charge in [0.25, 0.3) is 0 Å². The van der Waals surface area contributed by atoms with E-state index in [-0.39, 0.29) is 0 Å². The molecule has 1 aliphatic heterocycles. The Hall–Kier alpha value is -0.500. The predicted molar refractivity (Wildman–Crippen MR) is 48.8 cm³/mol. The third-order valence-corrected chi connectivity index (χ3v) is 2.80. The Labute approximate surface area is 74.0 Å². The zero-order valence-corrected chi connectivity index (χ0v) is 7.62. The van der Waals surface area contributed by atoms with Gasteiger partial charge in [-0.15, -0.1) is 0 Å². The zero-order valence-electron chi connectivity index (χ0n) is 7.62. The lowest BCUT2D eigenvalue weighted by Crippen LogP contribution is -2.23. The van der Waals surface area contributed by atoms with Gasteiger partial charge in [-0.1, -0.05) is 6.08 Å². The van der Waals surface area contributed by atoms with Gasteiger partial charge in [-0.25, -0.2) is 0 Å². The first-order valence-electron chi connectivity index (χ1n) is 4.90. The van der Waals surface area contributed by atoms with Crippen LogP contribution in [0.15, 0.2) is 12.3 Å². The molecule has 0 bridgehead atoms. The molecule has 0 spiro atoms. The summed E-state index contributed by atoms with van der Waals surface area (Å²) in [5, 5.41) is 3.31. The van der Waals surface area contributed by atoms with Crippen LogP contribution >= 0.6 is 0 Å². The van der Waals surface area contributed by atoms with Crippen molar-refractivity contribution in [1.29, 1.82) is 0 Å². The standard InChI is InChI=1S/C10H17NO/c1-2-5-11-7-8-3-4-9-10(6-8)12-9/h2,5,8-11H,3-4,6-7H2,1H3. The van der Waals surface area contributed by atoms with Crippen molar-refractivity contribution in [2.75, 3.05) is 6.54 Å². The third-order valence-electron chi connectivity index (χ3n) is 2.80. The maximum atomic E-state index is 5.47. The highest BCUT2D eigenvalue weighted by molar-refractivity contribution is 4.92. The second-order valence-corrected chi connectivity index (χ2v) is 3.80. The van der Waals surface area contributed by atoms with Crippen molar-refractivity contribution in [2.24, 2.45) is 5.92 Å². The van der Waals surface area contributed by atoms with E-state index in [9.17, 15) is 0 Å². The molecular formula is C10H17NO. The van der Waals surface area contributed by atoms with Crippen LogP contribution in [-0.4, -0.2) is 18.8 Å². The number of fused-ring (bicyclic) bond motifs is 1. The first-order chi connectivity index (χ1) is 5.90. The van der Waals surface area contributed by atoms with E-state index in [4.69, 9.17) is 4.74 Å². The van der Waals surface area contributed by atoms with E-state index in [2.05, 4.69) is 5.32 Å². The molecule has 0 aromatic heterocycles. The zero-order chi connectivity index (χ0) is 8.39. The van der Waals surface area contributed by atoms with Crippen molar-refractivity contribution in [3.05, 3.63) is 12.3 Å². The fraction of sp³-hybridized carbons (Fsp3) is 0.800. The smallest absolute Gasteiger partial charge is 0.0845 e. The van der Waals surface area contributed by atoms with E-state index in [1.54, 1.807) is 0 Å². The number of hydrogen-bond donors (Lipinski definition) is 1. The SMILES string of the molecule is CC=CNCC1CCC2OC2C1. The molecule has 3 atom stereocenters. The maximum Gasteiger partial charge on any atom is 0.0845 e. The van der Waals surface area contributed by atoms with E-state index in [0.29, 0.717) is 12.2 Å². The molecule has 12 heavy (non-hydrogen) atoms. The highest BCUT2D eigenvalue weighted by Crippen LogP contribution is 2.38. The van der Waals surface area contributed by atoms with E-state index in [0.717, 1.165) is 12.5 Å². The molecule has 0 radical (unpaired) electrons. The van der Waals surface area contributed by atoms with E-state index >= 15 is 0 Å². The summed E-state index contributed by atoms with van der Waals surface area (Å²) in [5.41, 5.74) is 0. The molecule has 2 heteroatoms. The molecule has 0 aromatic carbocycles. The molecule has 1 saturated carbocycles. The summed E-state index contributed by atoms with van der Waals surface area (Å²) in [7, 11) is 0. The number of ether oxygens (including phenoxy) is 1. The summed E-state index contributed by atoms with van der Waals surface area (Å²) in [6.45, 7) is 3.16. The topological polar surface area (TPSA) is 24.6 Å². The van der Waals surface area contributed by atoms with Crippen LogP contribution in [0.2, 0.25) is 0 Å². The van der Waals surface area contributed by atoms with Crippen LogP contribution in [0.25, 0.3) is 0 Å². The number of epoxide rings is 1. The lowest BCUT2D eigenvalue weighted by Gasteiger charge is -2.18. The van der Waals surface area contributed by atoms with Crippen LogP contribution in [0.3, 0.4) is 0 Å². The average molecular weight is 167 g/mol. The van der Waals surface area contributed by atoms with E-state index in [1.807, 2.05) is 19.2 Å². The van der Waals surface area contributed by atoms with Gasteiger partial charge in [-0.2, -0.15) is 0 Å². The first-order valence-corrected chi connectivity index (χ1v) is 4.90. The lowest BCUT2D eigenvalue weighted by molar-refractivity contribution is 0.359. The van der Waals surface area contributed by atoms with Crippen molar-refractivity contribution in [3.63, 3.8) is 0 Å². The van der Waals surface area contributed by atoms with Crippen LogP contribution in [0, 0.1) is 5.92 Å². The van der Waals surface area contributed by atoms with Crippen molar-refractivity contribution in [3.8, 4) is 0 Å². The van der Waals surface area contributed by atoms with Gasteiger partial charge >= 0.3 is 0 Å². The molecule has 1 saturated heterocycles. The van der Waals surface area contributed by atoms with Gasteiger partial charge in [-0.05, 0) is 38.3 Å². The molecule has 1 heterocycles. The van der Waals surface area contributed by atoms with Crippen molar-refractivity contribution >= 4 is 0 Å². The molecule has 68 valence electrons. The van der Waals surface area contributed by atoms with Gasteiger partial charge in [0.05, 0.1) is 12.2 Å². The van der Waals surface area contributed by atoms with Gasteiger partial charge < -0.3 is 10.1 Å². The highest BCUT2D eigenvalue weighted by atomic mass is 16.6. The normalized spacial score (nSPS) is 39.6. The van der Waals surface area contributed by atoms with Gasteiger partial charge in [0, 0.05) is 6.54 Å². The Morgan fingerprint density at radius 2 is 2.33 bits per heavy atom. The van der Waals surface area contributed by atoms with Crippen LogP contribution < -0.4 is 5.32 Å². The molecule has 2 nitrogen and oxygen atoms in total. The summed E-state index contributed by atoms with van der Waals surface area (Å²) in [5.74, 6) is 0.838. The Balaban J connectivity index is 1.67. The summed E-state index contributed by atoms with van der Waals surface area (Å²) in [6, 6.07) is 0. The fourth-order valence-electron chi connectivity index (χ4n) is 2.02. The Morgan fingerprint density at radius 1 is 1.42 bits per heavy atom. The van der Waals surface area contributed by atoms with Gasteiger partial charge in [-0.3, -0.25) is 0 Å². The largest absolute Gasteiger partial charge is 0.391 e. The van der Waals surface area contributed by atoms with Crippen molar-refractivity contribution < 1.29 is 4.74 Å². The monoisotopic (exact) mass is 167 g/mol. The molecule has 1 N–H and O–H groups in total. The van der Waals surface area contributed by atoms with Gasteiger partial charge in [0.15, 0.2) is 0 Å². The molecule has 0 amide bonds. The Morgan fingerprint density at radius 3 is 3.08 bits per heavy atom. The molecule has 0 aromatic rings. The predicted octanol–water partition coefficient (Wildman–Crippen LogP) is 1.68. The second-order valence-electron chi connectivity index (χ2n) is 3.80. The van der Waals surface area contributed by atoms with Crippen LogP contribution in [-0.2, 0) is 4.74 Å². The fourth-order valence-corrected chi connectivity index (χ4v) is 2.02. The minimum absolute atomic E-state index is 0.621. The number of rotatable bonds is 3. The van der Waals surface area contributed by atoms with Crippen molar-refractivity contribution in [2.45, 2.75) is 38.4 Å². The highest BCUT2D eigenvalue weighted by Gasteiger charge is 2.43. The molecule has 2 rings (SSSR count). The van der Waals surface area contributed by atoms with Crippen LogP contribution in [0.4, 0.5) is 0 Å². The third kappa shape index (κ3) is 1.81. The number of allylic oxidation sites excluding steroid dienone is 1. The minimum Gasteiger partial charge on any atom is -0.391 e. The second kappa shape index (κ2) is 3.48. The van der Waals surface area contributed by atoms with Gasteiger partial charge in [0.1, 0.15) is 0 Å². The summed E-state index contributed by atoms with van der Waals surface area (Å²) in [4.78, 5) is 0. The number of nitrogens with one attached hydrogen (secondary N) is 1. The van der Waals surface area contributed by atoms with Crippen molar-refractivity contribution in [1.82, 2.24) is 5.32 Å². The molecule has 2 aliphatic rings. The molecule has 1 aliphatic carbocycles. The average Bonchev–Trinajstić information content (AvgIpc) is 2.83. The summed E-state index contributed by atoms with van der Waals surface area (Å²) >= 11 is 0. The maximum absolute atomic E-state index is 5.47. The molecule has 2 fully saturated rings. The van der Waals surface area contributed by atoms with Gasteiger partial charge in [0.2, 0.25) is 0 Å². The van der Waals surface area contributed by atoms with Crippen LogP contribution in [0.5, 0.6) is 0 Å². The lowest BCUT2D eigenvalue weighted by atomic mass is 9.89. The molecular weight excluding hydrogens is 150 g/mol. The van der Waals surface area contributed by atoms with Crippen LogP contribution in [0.1, 0.15) is 26.2 Å². The summed E-state index contributed by atoms with van der Waals surface area (Å²) < 4.78 is 5.47. The Bertz CT molecular complexity index is 179. The quantitative estimate of drug-likeness (QED) is 0.647. The van der Waals surface area contributed by atoms with E-state index in [1.165, 1.54) is 19.3 Å². The summed E-state index contributed by atoms with van der Waals surface area (Å²) in [6.07, 6.45) is 9.23. The Kier molecular flexibility index (Phi) is 2.35. The minimum atomic E-state index is 0.621.